The smallest absolute Gasteiger partial charge is 0.274 e. The fourth-order valence-corrected chi connectivity index (χ4v) is 5.28. The van der Waals surface area contributed by atoms with Crippen LogP contribution in [0.1, 0.15) is 18.4 Å². The molecule has 2 saturated carbocycles. The summed E-state index contributed by atoms with van der Waals surface area (Å²) < 4.78 is 0. The fraction of sp³-hybridized carbons (Fsp3) is 0.444. The van der Waals surface area contributed by atoms with Crippen LogP contribution in [-0.2, 0) is 9.59 Å². The largest absolute Gasteiger partial charge is 0.293 e. The second-order valence-corrected chi connectivity index (χ2v) is 7.48. The van der Waals surface area contributed by atoms with Gasteiger partial charge in [-0.05, 0) is 48.6 Å². The van der Waals surface area contributed by atoms with Crippen LogP contribution in [0.15, 0.2) is 30.4 Å². The van der Waals surface area contributed by atoms with Crippen molar-refractivity contribution in [1.82, 2.24) is 0 Å². The molecule has 1 spiro atoms. The molecule has 4 atom stereocenters. The highest BCUT2D eigenvalue weighted by Gasteiger charge is 2.73. The van der Waals surface area contributed by atoms with Crippen molar-refractivity contribution in [2.45, 2.75) is 19.8 Å². The number of hydrogen-bond acceptors (Lipinski definition) is 4. The van der Waals surface area contributed by atoms with Gasteiger partial charge in [0, 0.05) is 6.07 Å². The van der Waals surface area contributed by atoms with Crippen molar-refractivity contribution in [3.05, 3.63) is 46.0 Å². The normalized spacial score (nSPS) is 34.3. The summed E-state index contributed by atoms with van der Waals surface area (Å²) in [6.07, 6.45) is 6.34. The quantitative estimate of drug-likeness (QED) is 0.362. The van der Waals surface area contributed by atoms with Gasteiger partial charge in [-0.15, -0.1) is 0 Å². The number of nitrogens with zero attached hydrogens (tertiary/aromatic N) is 2. The van der Waals surface area contributed by atoms with Gasteiger partial charge in [0.15, 0.2) is 0 Å². The van der Waals surface area contributed by atoms with Gasteiger partial charge in [0.2, 0.25) is 11.8 Å². The van der Waals surface area contributed by atoms with Crippen molar-refractivity contribution >= 4 is 23.2 Å². The molecule has 0 aromatic heterocycles. The molecule has 1 aromatic rings. The van der Waals surface area contributed by atoms with E-state index in [0.717, 1.165) is 23.3 Å². The number of allylic oxidation sites excluding steroid dienone is 2. The van der Waals surface area contributed by atoms with Gasteiger partial charge in [0.25, 0.3) is 5.69 Å². The molecule has 3 aliphatic carbocycles. The highest BCUT2D eigenvalue weighted by atomic mass is 16.6. The predicted molar refractivity (Wildman–Crippen MR) is 85.1 cm³/mol. The first-order valence-electron chi connectivity index (χ1n) is 8.27. The van der Waals surface area contributed by atoms with E-state index in [1.807, 2.05) is 0 Å². The minimum atomic E-state index is -0.522. The van der Waals surface area contributed by atoms with Crippen molar-refractivity contribution in [3.63, 3.8) is 0 Å². The summed E-state index contributed by atoms with van der Waals surface area (Å²) in [5, 5.41) is 11.4. The summed E-state index contributed by atoms with van der Waals surface area (Å²) in [5.74, 6) is -0.955. The summed E-state index contributed by atoms with van der Waals surface area (Å²) >= 11 is 0. The van der Waals surface area contributed by atoms with E-state index in [2.05, 4.69) is 12.2 Å². The molecule has 3 fully saturated rings. The average molecular weight is 324 g/mol. The lowest BCUT2D eigenvalue weighted by atomic mass is 9.85. The van der Waals surface area contributed by atoms with Crippen LogP contribution in [0.5, 0.6) is 0 Å². The molecule has 6 nitrogen and oxygen atoms in total. The standard InChI is InChI=1S/C18H16N2O4/c1-9-2-5-12(13(8-9)20(23)24)19-16(21)14-10-3-4-11(15(14)17(19)22)18(10)6-7-18/h2-5,8,10-11,14-15H,6-7H2,1H3/t10-,11-,14-,15-/m1/s1. The molecule has 4 aliphatic rings. The minimum Gasteiger partial charge on any atom is -0.274 e. The summed E-state index contributed by atoms with van der Waals surface area (Å²) in [5.41, 5.74) is 0.784. The molecule has 1 aromatic carbocycles. The maximum Gasteiger partial charge on any atom is 0.293 e. The summed E-state index contributed by atoms with van der Waals surface area (Å²) in [4.78, 5) is 38.0. The molecule has 0 N–H and O–H groups in total. The second-order valence-electron chi connectivity index (χ2n) is 7.48. The third-order valence-electron chi connectivity index (χ3n) is 6.42. The number of amides is 2. The van der Waals surface area contributed by atoms with Gasteiger partial charge in [-0.1, -0.05) is 18.2 Å². The Bertz CT molecular complexity index is 821. The molecule has 1 heterocycles. The molecule has 0 unspecified atom stereocenters. The molecular weight excluding hydrogens is 308 g/mol. The zero-order chi connectivity index (χ0) is 16.8. The number of aryl methyl sites for hydroxylation is 1. The van der Waals surface area contributed by atoms with Crippen LogP contribution in [0.2, 0.25) is 0 Å². The number of carbonyl (C=O) groups is 2. The predicted octanol–water partition coefficient (Wildman–Crippen LogP) is 2.60. The monoisotopic (exact) mass is 324 g/mol. The number of imide groups is 1. The van der Waals surface area contributed by atoms with Gasteiger partial charge in [0.05, 0.1) is 16.8 Å². The molecule has 6 heteroatoms. The van der Waals surface area contributed by atoms with Gasteiger partial charge in [-0.3, -0.25) is 19.7 Å². The summed E-state index contributed by atoms with van der Waals surface area (Å²) in [6, 6.07) is 4.64. The van der Waals surface area contributed by atoms with E-state index in [1.54, 1.807) is 13.0 Å². The average Bonchev–Trinajstić information content (AvgIpc) is 3.14. The number of fused-ring (bicyclic) bond motifs is 3. The van der Waals surface area contributed by atoms with Crippen molar-refractivity contribution in [3.8, 4) is 0 Å². The van der Waals surface area contributed by atoms with E-state index in [0.29, 0.717) is 0 Å². The second kappa shape index (κ2) is 4.12. The van der Waals surface area contributed by atoms with Crippen LogP contribution in [-0.4, -0.2) is 16.7 Å². The maximum atomic E-state index is 13.0. The molecule has 2 amide bonds. The zero-order valence-corrected chi connectivity index (χ0v) is 13.1. The van der Waals surface area contributed by atoms with Crippen molar-refractivity contribution < 1.29 is 14.5 Å². The molecule has 2 bridgehead atoms. The molecule has 122 valence electrons. The van der Waals surface area contributed by atoms with Crippen LogP contribution in [0.3, 0.4) is 0 Å². The Balaban J connectivity index is 1.60. The first kappa shape index (κ1) is 13.9. The fourth-order valence-electron chi connectivity index (χ4n) is 5.28. The lowest BCUT2D eigenvalue weighted by molar-refractivity contribution is -0.384. The number of anilines is 1. The SMILES string of the molecule is Cc1ccc(N2C(=O)[C@H]3[C@H](C2=O)[C@H]2C=C[C@H]3C23CC3)c([N+](=O)[O-])c1. The first-order chi connectivity index (χ1) is 11.5. The Morgan fingerprint density at radius 1 is 1.12 bits per heavy atom. The Morgan fingerprint density at radius 3 is 2.21 bits per heavy atom. The van der Waals surface area contributed by atoms with Crippen molar-refractivity contribution in [2.75, 3.05) is 4.90 Å². The van der Waals surface area contributed by atoms with Crippen LogP contribution in [0, 0.1) is 46.1 Å². The van der Waals surface area contributed by atoms with Gasteiger partial charge < -0.3 is 0 Å². The van der Waals surface area contributed by atoms with E-state index in [9.17, 15) is 19.7 Å². The third kappa shape index (κ3) is 1.42. The first-order valence-corrected chi connectivity index (χ1v) is 8.27. The number of hydrogen-bond donors (Lipinski definition) is 0. The lowest BCUT2D eigenvalue weighted by Crippen LogP contribution is -2.35. The molecule has 5 rings (SSSR count). The van der Waals surface area contributed by atoms with Crippen molar-refractivity contribution in [2.24, 2.45) is 29.1 Å². The lowest BCUT2D eigenvalue weighted by Gasteiger charge is -2.21. The Hall–Kier alpha value is -2.50. The minimum absolute atomic E-state index is 0.110. The number of carbonyl (C=O) groups excluding carboxylic acids is 2. The molecular formula is C18H16N2O4. The highest BCUT2D eigenvalue weighted by Crippen LogP contribution is 2.73. The summed E-state index contributed by atoms with van der Waals surface area (Å²) in [7, 11) is 0. The van der Waals surface area contributed by atoms with Gasteiger partial charge in [-0.25, -0.2) is 4.90 Å². The Kier molecular flexibility index (Phi) is 2.39. The van der Waals surface area contributed by atoms with Gasteiger partial charge in [-0.2, -0.15) is 0 Å². The Labute approximate surface area is 138 Å². The number of nitro groups is 1. The van der Waals surface area contributed by atoms with E-state index in [4.69, 9.17) is 0 Å². The van der Waals surface area contributed by atoms with Crippen LogP contribution in [0.25, 0.3) is 0 Å². The topological polar surface area (TPSA) is 80.5 Å². The summed E-state index contributed by atoms with van der Waals surface area (Å²) in [6.45, 7) is 1.75. The van der Waals surface area contributed by atoms with Gasteiger partial charge >= 0.3 is 0 Å². The van der Waals surface area contributed by atoms with E-state index < -0.39 is 4.92 Å². The molecule has 0 radical (unpaired) electrons. The highest BCUT2D eigenvalue weighted by molar-refractivity contribution is 6.24. The number of benzene rings is 1. The molecule has 24 heavy (non-hydrogen) atoms. The molecule has 1 aliphatic heterocycles. The Morgan fingerprint density at radius 2 is 1.71 bits per heavy atom. The van der Waals surface area contributed by atoms with E-state index in [-0.39, 0.29) is 52.3 Å². The van der Waals surface area contributed by atoms with Gasteiger partial charge in [0.1, 0.15) is 5.69 Å². The van der Waals surface area contributed by atoms with E-state index >= 15 is 0 Å². The van der Waals surface area contributed by atoms with Crippen LogP contribution in [0.4, 0.5) is 11.4 Å². The van der Waals surface area contributed by atoms with Crippen LogP contribution >= 0.6 is 0 Å². The van der Waals surface area contributed by atoms with Crippen molar-refractivity contribution in [1.29, 1.82) is 0 Å². The zero-order valence-electron chi connectivity index (χ0n) is 13.1. The number of nitro benzene ring substituents is 1. The molecule has 1 saturated heterocycles. The van der Waals surface area contributed by atoms with E-state index in [1.165, 1.54) is 12.1 Å². The third-order valence-corrected chi connectivity index (χ3v) is 6.42. The number of rotatable bonds is 2. The van der Waals surface area contributed by atoms with Crippen LogP contribution < -0.4 is 4.90 Å². The maximum absolute atomic E-state index is 13.0.